The first-order valence-electron chi connectivity index (χ1n) is 15.6. The van der Waals surface area contributed by atoms with Crippen molar-refractivity contribution in [1.82, 2.24) is 15.0 Å². The van der Waals surface area contributed by atoms with Crippen LogP contribution in [0.4, 0.5) is 0 Å². The summed E-state index contributed by atoms with van der Waals surface area (Å²) in [4.78, 5) is 14.1. The van der Waals surface area contributed by atoms with Crippen molar-refractivity contribution in [3.05, 3.63) is 42.0 Å². The van der Waals surface area contributed by atoms with Gasteiger partial charge < -0.3 is 0 Å². The van der Waals surface area contributed by atoms with E-state index in [1.54, 1.807) is 0 Å². The average molecular weight is 492 g/mol. The summed E-state index contributed by atoms with van der Waals surface area (Å²) in [5, 5.41) is 0. The second-order valence-electron chi connectivity index (χ2n) is 11.4. The largest absolute Gasteiger partial charge is 0.260 e. The van der Waals surface area contributed by atoms with E-state index in [0.717, 1.165) is 23.7 Å². The molecule has 0 N–H and O–H groups in total. The molecule has 0 aromatic carbocycles. The van der Waals surface area contributed by atoms with Crippen molar-refractivity contribution in [2.45, 2.75) is 148 Å². The maximum Gasteiger partial charge on any atom is 0.160 e. The van der Waals surface area contributed by atoms with E-state index in [4.69, 9.17) is 4.98 Å². The molecule has 3 nitrogen and oxygen atoms in total. The predicted octanol–water partition coefficient (Wildman–Crippen LogP) is 10.2. The molecular formula is C33H53N3. The molecule has 36 heavy (non-hydrogen) atoms. The minimum absolute atomic E-state index is 0.634. The summed E-state index contributed by atoms with van der Waals surface area (Å²) in [7, 11) is 0. The number of hydrogen-bond donors (Lipinski definition) is 0. The normalized spacial score (nSPS) is 17.9. The molecular weight excluding hydrogens is 438 g/mol. The first kappa shape index (κ1) is 28.8. The molecule has 1 aliphatic carbocycles. The van der Waals surface area contributed by atoms with Gasteiger partial charge in [0.1, 0.15) is 0 Å². The zero-order chi connectivity index (χ0) is 25.3. The van der Waals surface area contributed by atoms with Crippen molar-refractivity contribution in [3.8, 4) is 11.4 Å². The van der Waals surface area contributed by atoms with Crippen LogP contribution in [0, 0.1) is 5.92 Å². The van der Waals surface area contributed by atoms with Crippen LogP contribution in [0.15, 0.2) is 30.7 Å². The van der Waals surface area contributed by atoms with Gasteiger partial charge in [-0.25, -0.2) is 9.97 Å². The Morgan fingerprint density at radius 2 is 1.19 bits per heavy atom. The Bertz CT molecular complexity index is 791. The number of unbranched alkanes of at least 4 members (excludes halogenated alkanes) is 12. The lowest BCUT2D eigenvalue weighted by Gasteiger charge is -2.28. The smallest absolute Gasteiger partial charge is 0.160 e. The average Bonchev–Trinajstić information content (AvgIpc) is 2.93. The summed E-state index contributed by atoms with van der Waals surface area (Å²) < 4.78 is 0. The van der Waals surface area contributed by atoms with Gasteiger partial charge in [0.25, 0.3) is 0 Å². The van der Waals surface area contributed by atoms with E-state index in [2.05, 4.69) is 35.9 Å². The van der Waals surface area contributed by atoms with E-state index < -0.39 is 0 Å². The summed E-state index contributed by atoms with van der Waals surface area (Å²) in [6.07, 6.45) is 33.3. The fraction of sp³-hybridized carbons (Fsp3) is 0.727. The van der Waals surface area contributed by atoms with E-state index >= 15 is 0 Å². The van der Waals surface area contributed by atoms with Gasteiger partial charge >= 0.3 is 0 Å². The van der Waals surface area contributed by atoms with Crippen molar-refractivity contribution in [1.29, 1.82) is 0 Å². The molecule has 1 aliphatic rings. The van der Waals surface area contributed by atoms with Gasteiger partial charge in [0.2, 0.25) is 0 Å². The van der Waals surface area contributed by atoms with Crippen LogP contribution in [0.1, 0.15) is 153 Å². The third-order valence-corrected chi connectivity index (χ3v) is 8.30. The molecule has 2 aromatic heterocycles. The molecule has 0 radical (unpaired) electrons. The van der Waals surface area contributed by atoms with Crippen molar-refractivity contribution in [2.75, 3.05) is 0 Å². The molecule has 200 valence electrons. The van der Waals surface area contributed by atoms with Crippen LogP contribution in [-0.2, 0) is 6.42 Å². The second kappa shape index (κ2) is 17.6. The topological polar surface area (TPSA) is 38.7 Å². The van der Waals surface area contributed by atoms with Crippen molar-refractivity contribution in [2.24, 2.45) is 5.92 Å². The molecule has 0 saturated heterocycles. The Kier molecular flexibility index (Phi) is 14.1. The predicted molar refractivity (Wildman–Crippen MR) is 154 cm³/mol. The molecule has 0 aliphatic heterocycles. The van der Waals surface area contributed by atoms with Gasteiger partial charge in [-0.05, 0) is 62.1 Å². The summed E-state index contributed by atoms with van der Waals surface area (Å²) in [6, 6.07) is 4.41. The Balaban J connectivity index is 1.33. The summed E-state index contributed by atoms with van der Waals surface area (Å²) in [6.45, 7) is 4.58. The highest BCUT2D eigenvalue weighted by molar-refractivity contribution is 5.53. The number of rotatable bonds is 18. The molecule has 3 rings (SSSR count). The van der Waals surface area contributed by atoms with Gasteiger partial charge in [-0.15, -0.1) is 0 Å². The Morgan fingerprint density at radius 1 is 0.611 bits per heavy atom. The molecule has 2 heterocycles. The van der Waals surface area contributed by atoms with E-state index in [1.165, 1.54) is 133 Å². The summed E-state index contributed by atoms with van der Waals surface area (Å²) >= 11 is 0. The first-order chi connectivity index (χ1) is 17.8. The lowest BCUT2D eigenvalue weighted by Crippen LogP contribution is -2.14. The van der Waals surface area contributed by atoms with Crippen LogP contribution in [0.3, 0.4) is 0 Å². The fourth-order valence-electron chi connectivity index (χ4n) is 5.84. The van der Waals surface area contributed by atoms with Crippen LogP contribution in [-0.4, -0.2) is 15.0 Å². The van der Waals surface area contributed by atoms with E-state index in [-0.39, 0.29) is 0 Å². The van der Waals surface area contributed by atoms with Gasteiger partial charge in [0.15, 0.2) is 5.82 Å². The zero-order valence-corrected chi connectivity index (χ0v) is 23.5. The Labute approximate surface area is 222 Å². The molecule has 2 aromatic rings. The molecule has 1 saturated carbocycles. The molecule has 3 heteroatoms. The standard InChI is InChI=1S/C33H53N3/c1-3-5-7-9-11-12-14-16-18-29-25-35-33(36-26-29)31-23-24-32(34-27-31)30-21-19-28(20-22-30)17-15-13-10-8-6-4-2/h23-28,30H,3-22H2,1-2H3. The van der Waals surface area contributed by atoms with Crippen molar-refractivity contribution >= 4 is 0 Å². The number of pyridine rings is 1. The molecule has 0 atom stereocenters. The molecule has 0 unspecified atom stereocenters. The van der Waals surface area contributed by atoms with Gasteiger partial charge in [-0.3, -0.25) is 4.98 Å². The van der Waals surface area contributed by atoms with Crippen LogP contribution in [0.2, 0.25) is 0 Å². The molecule has 0 spiro atoms. The minimum Gasteiger partial charge on any atom is -0.260 e. The van der Waals surface area contributed by atoms with Crippen molar-refractivity contribution in [3.63, 3.8) is 0 Å². The van der Waals surface area contributed by atoms with E-state index in [9.17, 15) is 0 Å². The summed E-state index contributed by atoms with van der Waals surface area (Å²) in [5.74, 6) is 2.38. The van der Waals surface area contributed by atoms with Gasteiger partial charge in [-0.2, -0.15) is 0 Å². The SMILES string of the molecule is CCCCCCCCCCc1cnc(-c2ccc(C3CCC(CCCCCCCC)CC3)nc2)nc1. The highest BCUT2D eigenvalue weighted by Gasteiger charge is 2.23. The van der Waals surface area contributed by atoms with Crippen LogP contribution < -0.4 is 0 Å². The highest BCUT2D eigenvalue weighted by atomic mass is 14.9. The lowest BCUT2D eigenvalue weighted by atomic mass is 9.78. The summed E-state index contributed by atoms with van der Waals surface area (Å²) in [5.41, 5.74) is 3.56. The Morgan fingerprint density at radius 3 is 1.78 bits per heavy atom. The third kappa shape index (κ3) is 10.7. The molecule has 1 fully saturated rings. The monoisotopic (exact) mass is 491 g/mol. The fourth-order valence-corrected chi connectivity index (χ4v) is 5.84. The molecule has 0 bridgehead atoms. The number of aryl methyl sites for hydroxylation is 1. The van der Waals surface area contributed by atoms with E-state index in [1.807, 2.05) is 18.6 Å². The lowest BCUT2D eigenvalue weighted by molar-refractivity contribution is 0.299. The quantitative estimate of drug-likeness (QED) is 0.195. The van der Waals surface area contributed by atoms with E-state index in [0.29, 0.717) is 5.92 Å². The zero-order valence-electron chi connectivity index (χ0n) is 23.5. The van der Waals surface area contributed by atoms with Gasteiger partial charge in [0.05, 0.1) is 0 Å². The number of nitrogens with zero attached hydrogens (tertiary/aromatic N) is 3. The first-order valence-corrected chi connectivity index (χ1v) is 15.6. The number of hydrogen-bond acceptors (Lipinski definition) is 3. The third-order valence-electron chi connectivity index (χ3n) is 8.30. The van der Waals surface area contributed by atoms with Gasteiger partial charge in [0, 0.05) is 35.8 Å². The maximum atomic E-state index is 4.85. The van der Waals surface area contributed by atoms with Crippen molar-refractivity contribution < 1.29 is 0 Å². The van der Waals surface area contributed by atoms with Gasteiger partial charge in [-0.1, -0.05) is 104 Å². The highest BCUT2D eigenvalue weighted by Crippen LogP contribution is 2.37. The Hall–Kier alpha value is -1.77. The van der Waals surface area contributed by atoms with Crippen LogP contribution in [0.5, 0.6) is 0 Å². The molecule has 0 amide bonds. The maximum absolute atomic E-state index is 4.85. The number of aromatic nitrogens is 3. The van der Waals surface area contributed by atoms with Crippen LogP contribution in [0.25, 0.3) is 11.4 Å². The van der Waals surface area contributed by atoms with Crippen LogP contribution >= 0.6 is 0 Å². The minimum atomic E-state index is 0.634. The second-order valence-corrected chi connectivity index (χ2v) is 11.4.